The first kappa shape index (κ1) is 25.1. The summed E-state index contributed by atoms with van der Waals surface area (Å²) in [5.41, 5.74) is 1.87. The van der Waals surface area contributed by atoms with Crippen molar-refractivity contribution in [2.45, 2.75) is 13.5 Å². The number of halogens is 4. The molecule has 6 nitrogen and oxygen atoms in total. The molecule has 35 heavy (non-hydrogen) atoms. The van der Waals surface area contributed by atoms with Gasteiger partial charge in [0.2, 0.25) is 0 Å². The minimum Gasteiger partial charge on any atom is -0.487 e. The minimum atomic E-state index is -0.856. The lowest BCUT2D eigenvalue weighted by atomic mass is 10.1. The second kappa shape index (κ2) is 10.3. The maximum absolute atomic E-state index is 13.1. The van der Waals surface area contributed by atoms with Crippen LogP contribution in [0.5, 0.6) is 5.75 Å². The molecular weight excluding hydrogens is 534 g/mol. The molecule has 3 aromatic rings. The summed E-state index contributed by atoms with van der Waals surface area (Å²) in [6, 6.07) is 13.8. The normalized spacial score (nSPS) is 14.9. The molecule has 0 saturated carbocycles. The Morgan fingerprint density at radius 3 is 2.31 bits per heavy atom. The molecule has 10 heteroatoms. The Hall–Kier alpha value is -3.03. The van der Waals surface area contributed by atoms with Crippen molar-refractivity contribution in [3.8, 4) is 5.75 Å². The molecule has 0 radical (unpaired) electrons. The Morgan fingerprint density at radius 2 is 1.60 bits per heavy atom. The van der Waals surface area contributed by atoms with Gasteiger partial charge in [-0.2, -0.15) is 0 Å². The van der Waals surface area contributed by atoms with Crippen LogP contribution in [0.3, 0.4) is 0 Å². The number of carbonyl (C=O) groups excluding carboxylic acids is 3. The quantitative estimate of drug-likeness (QED) is 0.279. The highest BCUT2D eigenvalue weighted by Gasteiger charge is 2.37. The number of amides is 4. The third-order valence-electron chi connectivity index (χ3n) is 5.18. The maximum atomic E-state index is 13.1. The molecule has 0 aromatic heterocycles. The van der Waals surface area contributed by atoms with E-state index >= 15 is 0 Å². The summed E-state index contributed by atoms with van der Waals surface area (Å²) >= 11 is 24.5. The number of hydrogen-bond acceptors (Lipinski definition) is 4. The van der Waals surface area contributed by atoms with Gasteiger partial charge in [-0.25, -0.2) is 9.69 Å². The summed E-state index contributed by atoms with van der Waals surface area (Å²) in [4.78, 5) is 38.9. The molecule has 0 unspecified atom stereocenters. The third-order valence-corrected chi connectivity index (χ3v) is 6.30. The lowest BCUT2D eigenvalue weighted by molar-refractivity contribution is -0.122. The number of aryl methyl sites for hydroxylation is 1. The summed E-state index contributed by atoms with van der Waals surface area (Å²) in [5, 5.41) is 3.76. The summed E-state index contributed by atoms with van der Waals surface area (Å²) in [6.45, 7) is 1.88. The highest BCUT2D eigenvalue weighted by molar-refractivity contribution is 6.40. The number of urea groups is 1. The predicted molar refractivity (Wildman–Crippen MR) is 137 cm³/mol. The molecular formula is C25H16Cl4N2O4. The zero-order valence-corrected chi connectivity index (χ0v) is 21.1. The lowest BCUT2D eigenvalue weighted by Crippen LogP contribution is -2.54. The highest BCUT2D eigenvalue weighted by atomic mass is 35.5. The maximum Gasteiger partial charge on any atom is 0.335 e. The first-order chi connectivity index (χ1) is 16.6. The fourth-order valence-electron chi connectivity index (χ4n) is 3.38. The Morgan fingerprint density at radius 1 is 0.886 bits per heavy atom. The van der Waals surface area contributed by atoms with Gasteiger partial charge in [0, 0.05) is 20.6 Å². The third kappa shape index (κ3) is 5.46. The fourth-order valence-corrected chi connectivity index (χ4v) is 4.26. The smallest absolute Gasteiger partial charge is 0.335 e. The highest BCUT2D eigenvalue weighted by Crippen LogP contribution is 2.31. The second-order valence-electron chi connectivity index (χ2n) is 7.60. The van der Waals surface area contributed by atoms with Gasteiger partial charge in [-0.3, -0.25) is 14.9 Å². The van der Waals surface area contributed by atoms with Crippen molar-refractivity contribution in [3.63, 3.8) is 0 Å². The van der Waals surface area contributed by atoms with Crippen molar-refractivity contribution < 1.29 is 19.1 Å². The summed E-state index contributed by atoms with van der Waals surface area (Å²) in [6.07, 6.45) is 1.35. The number of carbonyl (C=O) groups is 3. The van der Waals surface area contributed by atoms with E-state index in [1.54, 1.807) is 55.5 Å². The summed E-state index contributed by atoms with van der Waals surface area (Å²) < 4.78 is 5.75. The van der Waals surface area contributed by atoms with E-state index in [4.69, 9.17) is 51.1 Å². The van der Waals surface area contributed by atoms with Crippen LogP contribution in [-0.2, 0) is 16.2 Å². The zero-order valence-electron chi connectivity index (χ0n) is 18.1. The molecule has 0 spiro atoms. The van der Waals surface area contributed by atoms with Gasteiger partial charge < -0.3 is 4.74 Å². The number of rotatable bonds is 5. The zero-order chi connectivity index (χ0) is 25.3. The average molecular weight is 550 g/mol. The van der Waals surface area contributed by atoms with Crippen molar-refractivity contribution in [3.05, 3.63) is 97.0 Å². The van der Waals surface area contributed by atoms with Crippen molar-refractivity contribution >= 4 is 76.0 Å². The van der Waals surface area contributed by atoms with E-state index in [9.17, 15) is 14.4 Å². The van der Waals surface area contributed by atoms with E-state index in [1.165, 1.54) is 12.1 Å². The number of hydrogen-bond donors (Lipinski definition) is 1. The van der Waals surface area contributed by atoms with Gasteiger partial charge in [0.15, 0.2) is 0 Å². The van der Waals surface area contributed by atoms with Gasteiger partial charge in [0.05, 0.1) is 10.7 Å². The van der Waals surface area contributed by atoms with Crippen molar-refractivity contribution in [1.82, 2.24) is 5.32 Å². The molecule has 4 rings (SSSR count). The van der Waals surface area contributed by atoms with Crippen molar-refractivity contribution in [2.75, 3.05) is 4.90 Å². The predicted octanol–water partition coefficient (Wildman–Crippen LogP) is 6.85. The molecule has 0 atom stereocenters. The molecule has 0 aliphatic carbocycles. The van der Waals surface area contributed by atoms with E-state index in [0.717, 1.165) is 10.5 Å². The van der Waals surface area contributed by atoms with Crippen LogP contribution in [-0.4, -0.2) is 17.8 Å². The van der Waals surface area contributed by atoms with Gasteiger partial charge in [0.25, 0.3) is 11.8 Å². The number of anilines is 1. The van der Waals surface area contributed by atoms with E-state index in [-0.39, 0.29) is 22.9 Å². The van der Waals surface area contributed by atoms with Crippen LogP contribution in [0.15, 0.2) is 60.2 Å². The van der Waals surface area contributed by atoms with E-state index in [1.807, 2.05) is 0 Å². The second-order valence-corrected chi connectivity index (χ2v) is 9.29. The van der Waals surface area contributed by atoms with E-state index < -0.39 is 17.8 Å². The van der Waals surface area contributed by atoms with Crippen LogP contribution in [0.4, 0.5) is 10.5 Å². The molecule has 1 aliphatic heterocycles. The first-order valence-corrected chi connectivity index (χ1v) is 11.7. The van der Waals surface area contributed by atoms with Gasteiger partial charge in [-0.1, -0.05) is 64.6 Å². The summed E-state index contributed by atoms with van der Waals surface area (Å²) in [7, 11) is 0. The molecule has 1 N–H and O–H groups in total. The number of nitrogens with one attached hydrogen (secondary N) is 1. The van der Waals surface area contributed by atoms with Crippen LogP contribution in [0.1, 0.15) is 16.7 Å². The topological polar surface area (TPSA) is 75.7 Å². The van der Waals surface area contributed by atoms with Crippen LogP contribution >= 0.6 is 46.4 Å². The van der Waals surface area contributed by atoms with Gasteiger partial charge >= 0.3 is 6.03 Å². The molecule has 1 saturated heterocycles. The fraction of sp³-hybridized carbons (Fsp3) is 0.0800. The number of nitrogens with zero attached hydrogens (tertiary/aromatic N) is 1. The van der Waals surface area contributed by atoms with Gasteiger partial charge in [0.1, 0.15) is 17.9 Å². The molecule has 0 bridgehead atoms. The van der Waals surface area contributed by atoms with Gasteiger partial charge in [-0.05, 0) is 60.5 Å². The minimum absolute atomic E-state index is 0.160. The largest absolute Gasteiger partial charge is 0.487 e. The van der Waals surface area contributed by atoms with Crippen LogP contribution in [0.2, 0.25) is 20.1 Å². The average Bonchev–Trinajstić information content (AvgIpc) is 2.79. The van der Waals surface area contributed by atoms with Crippen LogP contribution < -0.4 is 15.0 Å². The molecule has 178 valence electrons. The number of ether oxygens (including phenoxy) is 1. The molecule has 1 heterocycles. The van der Waals surface area contributed by atoms with Crippen molar-refractivity contribution in [2.24, 2.45) is 0 Å². The van der Waals surface area contributed by atoms with E-state index in [2.05, 4.69) is 5.32 Å². The number of barbiturate groups is 1. The molecule has 1 fully saturated rings. The Kier molecular flexibility index (Phi) is 7.38. The molecule has 4 amide bonds. The van der Waals surface area contributed by atoms with Gasteiger partial charge in [-0.15, -0.1) is 0 Å². The molecule has 3 aromatic carbocycles. The first-order valence-electron chi connectivity index (χ1n) is 10.2. The monoisotopic (exact) mass is 548 g/mol. The number of imide groups is 2. The Balaban J connectivity index is 1.58. The van der Waals surface area contributed by atoms with Crippen LogP contribution in [0, 0.1) is 6.92 Å². The summed E-state index contributed by atoms with van der Waals surface area (Å²) in [5.74, 6) is -1.21. The standard InChI is InChI=1S/C25H16Cl4N2O4/c1-13-2-5-17(27)11-21(13)31-24(33)18(23(32)30-25(31)34)8-14-3-7-22(20(29)9-14)35-12-15-4-6-16(26)10-19(15)28/h2-11H,12H2,1H3,(H,30,32,34)/b18-8+. The number of benzene rings is 3. The lowest BCUT2D eigenvalue weighted by Gasteiger charge is -2.27. The Labute approximate surface area is 221 Å². The van der Waals surface area contributed by atoms with Crippen molar-refractivity contribution in [1.29, 1.82) is 0 Å². The Bertz CT molecular complexity index is 1400. The molecule has 1 aliphatic rings. The van der Waals surface area contributed by atoms with E-state index in [0.29, 0.717) is 31.9 Å². The SMILES string of the molecule is Cc1ccc(Cl)cc1N1C(=O)NC(=O)/C(=C\c2ccc(OCc3ccc(Cl)cc3Cl)c(Cl)c2)C1=O. The van der Waals surface area contributed by atoms with Crippen LogP contribution in [0.25, 0.3) is 6.08 Å².